The molecule has 13 heavy (non-hydrogen) atoms. The largest absolute Gasteiger partial charge is 0.501 e. The SMILES string of the molecule is CNC(C1=COCC1)C1CCCS1. The van der Waals surface area contributed by atoms with E-state index in [-0.39, 0.29) is 0 Å². The summed E-state index contributed by atoms with van der Waals surface area (Å²) in [6, 6.07) is 0.551. The summed E-state index contributed by atoms with van der Waals surface area (Å²) in [6.07, 6.45) is 5.80. The zero-order valence-corrected chi connectivity index (χ0v) is 8.90. The molecule has 0 amide bonds. The third-order valence-electron chi connectivity index (χ3n) is 2.79. The Morgan fingerprint density at radius 1 is 1.69 bits per heavy atom. The molecule has 3 heteroatoms. The smallest absolute Gasteiger partial charge is 0.0912 e. The maximum atomic E-state index is 5.29. The Morgan fingerprint density at radius 2 is 2.62 bits per heavy atom. The van der Waals surface area contributed by atoms with Gasteiger partial charge in [0, 0.05) is 17.7 Å². The molecule has 1 fully saturated rings. The van der Waals surface area contributed by atoms with Crippen molar-refractivity contribution in [3.8, 4) is 0 Å². The van der Waals surface area contributed by atoms with Gasteiger partial charge in [0.25, 0.3) is 0 Å². The fourth-order valence-corrected chi connectivity index (χ4v) is 3.58. The highest BCUT2D eigenvalue weighted by atomic mass is 32.2. The van der Waals surface area contributed by atoms with Crippen molar-refractivity contribution >= 4 is 11.8 Å². The molecule has 2 rings (SSSR count). The van der Waals surface area contributed by atoms with Crippen LogP contribution in [0.4, 0.5) is 0 Å². The van der Waals surface area contributed by atoms with Crippen LogP contribution in [-0.2, 0) is 4.74 Å². The summed E-state index contributed by atoms with van der Waals surface area (Å²) >= 11 is 2.10. The molecule has 0 aromatic carbocycles. The summed E-state index contributed by atoms with van der Waals surface area (Å²) in [4.78, 5) is 0. The van der Waals surface area contributed by atoms with Crippen LogP contribution in [-0.4, -0.2) is 30.7 Å². The number of nitrogens with one attached hydrogen (secondary N) is 1. The van der Waals surface area contributed by atoms with Gasteiger partial charge in [-0.25, -0.2) is 0 Å². The Labute approximate surface area is 84.1 Å². The van der Waals surface area contributed by atoms with Gasteiger partial charge in [-0.3, -0.25) is 0 Å². The minimum Gasteiger partial charge on any atom is -0.501 e. The topological polar surface area (TPSA) is 21.3 Å². The van der Waals surface area contributed by atoms with Crippen molar-refractivity contribution in [1.29, 1.82) is 0 Å². The molecule has 74 valence electrons. The van der Waals surface area contributed by atoms with E-state index >= 15 is 0 Å². The van der Waals surface area contributed by atoms with Gasteiger partial charge in [-0.1, -0.05) is 0 Å². The standard InChI is InChI=1S/C10H17NOS/c1-11-10(8-4-5-12-7-8)9-3-2-6-13-9/h7,9-11H,2-6H2,1H3. The van der Waals surface area contributed by atoms with Gasteiger partial charge in [0.1, 0.15) is 0 Å². The highest BCUT2D eigenvalue weighted by Gasteiger charge is 2.28. The monoisotopic (exact) mass is 199 g/mol. The third-order valence-corrected chi connectivity index (χ3v) is 4.25. The van der Waals surface area contributed by atoms with Gasteiger partial charge in [-0.15, -0.1) is 0 Å². The second-order valence-corrected chi connectivity index (χ2v) is 4.98. The van der Waals surface area contributed by atoms with Crippen LogP contribution in [0.15, 0.2) is 11.8 Å². The highest BCUT2D eigenvalue weighted by Crippen LogP contribution is 2.33. The summed E-state index contributed by atoms with van der Waals surface area (Å²) in [5.41, 5.74) is 1.46. The predicted molar refractivity (Wildman–Crippen MR) is 57.0 cm³/mol. The first-order chi connectivity index (χ1) is 6.42. The highest BCUT2D eigenvalue weighted by molar-refractivity contribution is 8.00. The molecule has 2 aliphatic heterocycles. The zero-order chi connectivity index (χ0) is 9.10. The Balaban J connectivity index is 1.98. The van der Waals surface area contributed by atoms with Gasteiger partial charge >= 0.3 is 0 Å². The Hall–Kier alpha value is -0.150. The molecule has 0 saturated carbocycles. The second-order valence-electron chi connectivity index (χ2n) is 3.63. The van der Waals surface area contributed by atoms with E-state index in [2.05, 4.69) is 24.1 Å². The minimum absolute atomic E-state index is 0.551. The van der Waals surface area contributed by atoms with Crippen LogP contribution in [0.1, 0.15) is 19.3 Å². The molecule has 2 atom stereocenters. The summed E-state index contributed by atoms with van der Waals surface area (Å²) in [5.74, 6) is 1.33. The molecule has 0 bridgehead atoms. The van der Waals surface area contributed by atoms with Gasteiger partial charge in [0.2, 0.25) is 0 Å². The minimum atomic E-state index is 0.551. The van der Waals surface area contributed by atoms with Gasteiger partial charge < -0.3 is 10.1 Å². The lowest BCUT2D eigenvalue weighted by atomic mass is 10.0. The van der Waals surface area contributed by atoms with Crippen LogP contribution < -0.4 is 5.32 Å². The fourth-order valence-electron chi connectivity index (χ4n) is 2.11. The lowest BCUT2D eigenvalue weighted by Gasteiger charge is -2.22. The number of likely N-dealkylation sites (N-methyl/N-ethyl adjacent to an activating group) is 1. The van der Waals surface area contributed by atoms with E-state index in [0.717, 1.165) is 18.3 Å². The summed E-state index contributed by atoms with van der Waals surface area (Å²) in [6.45, 7) is 0.880. The van der Waals surface area contributed by atoms with Crippen LogP contribution in [0, 0.1) is 0 Å². The van der Waals surface area contributed by atoms with Crippen LogP contribution in [0.3, 0.4) is 0 Å². The summed E-state index contributed by atoms with van der Waals surface area (Å²) in [7, 11) is 2.06. The molecule has 0 aromatic rings. The van der Waals surface area contributed by atoms with Crippen LogP contribution in [0.5, 0.6) is 0 Å². The van der Waals surface area contributed by atoms with E-state index in [4.69, 9.17) is 4.74 Å². The number of hydrogen-bond acceptors (Lipinski definition) is 3. The molecule has 1 N–H and O–H groups in total. The van der Waals surface area contributed by atoms with Crippen molar-refractivity contribution in [2.75, 3.05) is 19.4 Å². The maximum absolute atomic E-state index is 5.29. The normalized spacial score (nSPS) is 29.9. The molecular formula is C10H17NOS. The van der Waals surface area contributed by atoms with Gasteiger partial charge in [-0.2, -0.15) is 11.8 Å². The van der Waals surface area contributed by atoms with Crippen LogP contribution in [0.2, 0.25) is 0 Å². The van der Waals surface area contributed by atoms with Crippen molar-refractivity contribution < 1.29 is 4.74 Å². The predicted octanol–water partition coefficient (Wildman–Crippen LogP) is 1.77. The average Bonchev–Trinajstić information content (AvgIpc) is 2.76. The molecule has 0 aromatic heterocycles. The fraction of sp³-hybridized carbons (Fsp3) is 0.800. The second kappa shape index (κ2) is 4.38. The quantitative estimate of drug-likeness (QED) is 0.748. The average molecular weight is 199 g/mol. The first kappa shape index (κ1) is 9.41. The number of hydrogen-bond donors (Lipinski definition) is 1. The van der Waals surface area contributed by atoms with Crippen LogP contribution >= 0.6 is 11.8 Å². The first-order valence-electron chi connectivity index (χ1n) is 5.01. The molecule has 0 spiro atoms. The van der Waals surface area contributed by atoms with E-state index in [1.807, 2.05) is 6.26 Å². The van der Waals surface area contributed by atoms with E-state index in [9.17, 15) is 0 Å². The van der Waals surface area contributed by atoms with Crippen molar-refractivity contribution in [2.45, 2.75) is 30.6 Å². The van der Waals surface area contributed by atoms with E-state index in [1.54, 1.807) is 0 Å². The van der Waals surface area contributed by atoms with Gasteiger partial charge in [-0.05, 0) is 31.2 Å². The number of rotatable bonds is 3. The summed E-state index contributed by atoms with van der Waals surface area (Å²) < 4.78 is 5.29. The molecule has 2 heterocycles. The molecule has 0 aliphatic carbocycles. The van der Waals surface area contributed by atoms with Gasteiger partial charge in [0.05, 0.1) is 12.9 Å². The van der Waals surface area contributed by atoms with Crippen LogP contribution in [0.25, 0.3) is 0 Å². The number of ether oxygens (including phenoxy) is 1. The molecule has 2 unspecified atom stereocenters. The molecule has 2 nitrogen and oxygen atoms in total. The lowest BCUT2D eigenvalue weighted by molar-refractivity contribution is 0.281. The molecule has 0 radical (unpaired) electrons. The molecule has 1 saturated heterocycles. The molecule has 2 aliphatic rings. The Kier molecular flexibility index (Phi) is 3.17. The maximum Gasteiger partial charge on any atom is 0.0912 e. The van der Waals surface area contributed by atoms with E-state index in [1.165, 1.54) is 24.2 Å². The Morgan fingerprint density at radius 3 is 3.15 bits per heavy atom. The third kappa shape index (κ3) is 2.02. The van der Waals surface area contributed by atoms with E-state index in [0.29, 0.717) is 6.04 Å². The van der Waals surface area contributed by atoms with Crippen molar-refractivity contribution in [3.63, 3.8) is 0 Å². The van der Waals surface area contributed by atoms with Crippen molar-refractivity contribution in [1.82, 2.24) is 5.32 Å². The number of thioether (sulfide) groups is 1. The first-order valence-corrected chi connectivity index (χ1v) is 6.06. The van der Waals surface area contributed by atoms with Gasteiger partial charge in [0.15, 0.2) is 0 Å². The van der Waals surface area contributed by atoms with Crippen molar-refractivity contribution in [3.05, 3.63) is 11.8 Å². The lowest BCUT2D eigenvalue weighted by Crippen LogP contribution is -2.35. The van der Waals surface area contributed by atoms with E-state index < -0.39 is 0 Å². The zero-order valence-electron chi connectivity index (χ0n) is 8.08. The Bertz CT molecular complexity index is 199. The summed E-state index contributed by atoms with van der Waals surface area (Å²) in [5, 5.41) is 4.19. The van der Waals surface area contributed by atoms with Crippen molar-refractivity contribution in [2.24, 2.45) is 0 Å². The molecular weight excluding hydrogens is 182 g/mol.